The van der Waals surface area contributed by atoms with E-state index in [0.717, 1.165) is 30.4 Å². The first-order valence-corrected chi connectivity index (χ1v) is 11.0. The van der Waals surface area contributed by atoms with Crippen molar-refractivity contribution in [1.29, 1.82) is 0 Å². The van der Waals surface area contributed by atoms with Gasteiger partial charge in [0.25, 0.3) is 0 Å². The number of benzene rings is 1. The van der Waals surface area contributed by atoms with Crippen LogP contribution >= 0.6 is 0 Å². The normalized spacial score (nSPS) is 20.4. The Morgan fingerprint density at radius 2 is 2.10 bits per heavy atom. The Morgan fingerprint density at radius 3 is 2.83 bits per heavy atom. The number of carboxylic acids is 1. The van der Waals surface area contributed by atoms with Gasteiger partial charge in [0.05, 0.1) is 6.10 Å². The number of carbonyl (C=O) groups excluding carboxylic acids is 1. The number of phenols is 1. The maximum atomic E-state index is 12.2. The first-order chi connectivity index (χ1) is 14.4. The summed E-state index contributed by atoms with van der Waals surface area (Å²) in [6.07, 6.45) is 12.8. The van der Waals surface area contributed by atoms with E-state index in [4.69, 9.17) is 5.11 Å². The van der Waals surface area contributed by atoms with Gasteiger partial charge in [-0.3, -0.25) is 9.59 Å². The van der Waals surface area contributed by atoms with Gasteiger partial charge in [-0.05, 0) is 55.2 Å². The first-order valence-electron chi connectivity index (χ1n) is 11.0. The van der Waals surface area contributed by atoms with E-state index in [2.05, 4.69) is 6.92 Å². The summed E-state index contributed by atoms with van der Waals surface area (Å²) < 4.78 is 0. The number of Topliss-reactive ketones (excluding diaryl/α,β-unsaturated/α-hetero) is 1. The van der Waals surface area contributed by atoms with Crippen molar-refractivity contribution in [3.05, 3.63) is 53.6 Å². The predicted molar refractivity (Wildman–Crippen MR) is 117 cm³/mol. The van der Waals surface area contributed by atoms with E-state index < -0.39 is 12.1 Å². The van der Waals surface area contributed by atoms with E-state index in [1.54, 1.807) is 12.1 Å². The number of carboxylic acid groups (broad SMARTS) is 1. The Balaban J connectivity index is 1.87. The van der Waals surface area contributed by atoms with Gasteiger partial charge in [-0.25, -0.2) is 0 Å². The lowest BCUT2D eigenvalue weighted by atomic mass is 9.91. The molecule has 5 nitrogen and oxygen atoms in total. The van der Waals surface area contributed by atoms with Crippen molar-refractivity contribution in [2.45, 2.75) is 70.8 Å². The molecule has 0 saturated heterocycles. The standard InChI is InChI=1S/C25H34O5/c1-2-7-20-16-18(10-14-23(20)27)17-21(26)13-11-19-12-15-24(28)22(19)8-5-3-4-6-9-25(29)30/h3,5,10-11,13-14,16,19,21-22,26-27H,2,4,6-9,12,15,17H2,1H3,(H,29,30)/b5-3-,13-11+/t19?,21?,22-/m1/s1. The molecule has 0 amide bonds. The molecule has 30 heavy (non-hydrogen) atoms. The number of hydrogen-bond donors (Lipinski definition) is 3. The summed E-state index contributed by atoms with van der Waals surface area (Å²) in [5.41, 5.74) is 1.89. The number of carbonyl (C=O) groups is 2. The number of phenolic OH excluding ortho intramolecular Hbond substituents is 1. The molecule has 164 valence electrons. The number of aliphatic carboxylic acids is 1. The third-order valence-electron chi connectivity index (χ3n) is 5.66. The largest absolute Gasteiger partial charge is 0.508 e. The van der Waals surface area contributed by atoms with Crippen molar-refractivity contribution < 1.29 is 24.9 Å². The molecule has 5 heteroatoms. The molecule has 1 aromatic carbocycles. The zero-order valence-corrected chi connectivity index (χ0v) is 17.8. The molecule has 0 heterocycles. The van der Waals surface area contributed by atoms with E-state index >= 15 is 0 Å². The average Bonchev–Trinajstić information content (AvgIpc) is 3.05. The summed E-state index contributed by atoms with van der Waals surface area (Å²) in [6.45, 7) is 2.06. The summed E-state index contributed by atoms with van der Waals surface area (Å²) in [6, 6.07) is 5.47. The second kappa shape index (κ2) is 12.3. The van der Waals surface area contributed by atoms with E-state index in [1.807, 2.05) is 30.4 Å². The second-order valence-electron chi connectivity index (χ2n) is 8.14. The number of aromatic hydroxyl groups is 1. The van der Waals surface area contributed by atoms with E-state index in [9.17, 15) is 19.8 Å². The van der Waals surface area contributed by atoms with Crippen molar-refractivity contribution in [3.63, 3.8) is 0 Å². The van der Waals surface area contributed by atoms with Crippen molar-refractivity contribution in [3.8, 4) is 5.75 Å². The fourth-order valence-electron chi connectivity index (χ4n) is 4.02. The molecule has 1 saturated carbocycles. The third-order valence-corrected chi connectivity index (χ3v) is 5.66. The molecule has 3 N–H and O–H groups in total. The first kappa shape index (κ1) is 23.9. The summed E-state index contributed by atoms with van der Waals surface area (Å²) in [5.74, 6) is -0.154. The summed E-state index contributed by atoms with van der Waals surface area (Å²) in [7, 11) is 0. The summed E-state index contributed by atoms with van der Waals surface area (Å²) in [4.78, 5) is 22.8. The number of ketones is 1. The Bertz CT molecular complexity index is 765. The van der Waals surface area contributed by atoms with E-state index in [0.29, 0.717) is 37.9 Å². The van der Waals surface area contributed by atoms with E-state index in [-0.39, 0.29) is 24.0 Å². The fraction of sp³-hybridized carbons (Fsp3) is 0.520. The van der Waals surface area contributed by atoms with Crippen LogP contribution in [0.15, 0.2) is 42.5 Å². The average molecular weight is 415 g/mol. The molecule has 1 fully saturated rings. The lowest BCUT2D eigenvalue weighted by Crippen LogP contribution is -2.14. The Morgan fingerprint density at radius 1 is 1.30 bits per heavy atom. The summed E-state index contributed by atoms with van der Waals surface area (Å²) in [5, 5.41) is 29.0. The van der Waals surface area contributed by atoms with Crippen LogP contribution in [0.4, 0.5) is 0 Å². The van der Waals surface area contributed by atoms with Crippen LogP contribution in [0.25, 0.3) is 0 Å². The van der Waals surface area contributed by atoms with E-state index in [1.165, 1.54) is 0 Å². The number of aliphatic hydroxyl groups excluding tert-OH is 1. The number of rotatable bonds is 12. The fourth-order valence-corrected chi connectivity index (χ4v) is 4.02. The number of allylic oxidation sites excluding steroid dienone is 3. The smallest absolute Gasteiger partial charge is 0.303 e. The highest BCUT2D eigenvalue weighted by atomic mass is 16.4. The lowest BCUT2D eigenvalue weighted by Gasteiger charge is -2.14. The molecule has 2 unspecified atom stereocenters. The predicted octanol–water partition coefficient (Wildman–Crippen LogP) is 4.60. The van der Waals surface area contributed by atoms with Gasteiger partial charge < -0.3 is 15.3 Å². The molecule has 1 aliphatic rings. The van der Waals surface area contributed by atoms with Crippen LogP contribution in [0.2, 0.25) is 0 Å². The molecular formula is C25H34O5. The Kier molecular flexibility index (Phi) is 9.81. The van der Waals surface area contributed by atoms with Crippen LogP contribution in [-0.2, 0) is 22.4 Å². The minimum Gasteiger partial charge on any atom is -0.508 e. The molecule has 1 aromatic rings. The van der Waals surface area contributed by atoms with Crippen LogP contribution in [-0.4, -0.2) is 33.2 Å². The molecule has 3 atom stereocenters. The van der Waals surface area contributed by atoms with Crippen molar-refractivity contribution in [2.75, 3.05) is 0 Å². The SMILES string of the molecule is CCCc1cc(CC(O)/C=C/C2CCC(=O)[C@@H]2C/C=C\CCCC(=O)O)ccc1O. The van der Waals surface area contributed by atoms with Gasteiger partial charge in [-0.15, -0.1) is 0 Å². The second-order valence-corrected chi connectivity index (χ2v) is 8.14. The zero-order valence-electron chi connectivity index (χ0n) is 17.8. The highest BCUT2D eigenvalue weighted by Crippen LogP contribution is 2.33. The molecule has 1 aliphatic carbocycles. The van der Waals surface area contributed by atoms with Crippen LogP contribution in [0, 0.1) is 11.8 Å². The highest BCUT2D eigenvalue weighted by molar-refractivity contribution is 5.83. The zero-order chi connectivity index (χ0) is 21.9. The minimum absolute atomic E-state index is 0.0611. The van der Waals surface area contributed by atoms with Gasteiger partial charge in [0, 0.05) is 25.2 Å². The third kappa shape index (κ3) is 7.79. The summed E-state index contributed by atoms with van der Waals surface area (Å²) >= 11 is 0. The molecule has 0 aromatic heterocycles. The maximum Gasteiger partial charge on any atom is 0.303 e. The molecular weight excluding hydrogens is 380 g/mol. The highest BCUT2D eigenvalue weighted by Gasteiger charge is 2.31. The molecule has 2 rings (SSSR count). The van der Waals surface area contributed by atoms with Crippen molar-refractivity contribution >= 4 is 11.8 Å². The van der Waals surface area contributed by atoms with Crippen LogP contribution in [0.1, 0.15) is 63.0 Å². The topological polar surface area (TPSA) is 94.8 Å². The van der Waals surface area contributed by atoms with Crippen LogP contribution in [0.3, 0.4) is 0 Å². The number of aryl methyl sites for hydroxylation is 1. The lowest BCUT2D eigenvalue weighted by molar-refractivity contribution is -0.137. The Hall–Kier alpha value is -2.40. The number of aliphatic hydroxyl groups is 1. The van der Waals surface area contributed by atoms with Gasteiger partial charge >= 0.3 is 5.97 Å². The van der Waals surface area contributed by atoms with Gasteiger partial charge in [-0.1, -0.05) is 49.8 Å². The van der Waals surface area contributed by atoms with Crippen LogP contribution < -0.4 is 0 Å². The monoisotopic (exact) mass is 414 g/mol. The minimum atomic E-state index is -0.785. The molecule has 0 aliphatic heterocycles. The maximum absolute atomic E-state index is 12.2. The van der Waals surface area contributed by atoms with Gasteiger partial charge in [0.15, 0.2) is 0 Å². The van der Waals surface area contributed by atoms with Gasteiger partial charge in [0.2, 0.25) is 0 Å². The van der Waals surface area contributed by atoms with Gasteiger partial charge in [0.1, 0.15) is 11.5 Å². The van der Waals surface area contributed by atoms with Crippen molar-refractivity contribution in [2.24, 2.45) is 11.8 Å². The van der Waals surface area contributed by atoms with Crippen molar-refractivity contribution in [1.82, 2.24) is 0 Å². The Labute approximate surface area is 179 Å². The molecule has 0 spiro atoms. The molecule has 0 bridgehead atoms. The quantitative estimate of drug-likeness (QED) is 0.343. The molecule has 0 radical (unpaired) electrons. The number of unbranched alkanes of at least 4 members (excludes halogenated alkanes) is 1. The number of hydrogen-bond acceptors (Lipinski definition) is 4. The van der Waals surface area contributed by atoms with Gasteiger partial charge in [-0.2, -0.15) is 0 Å². The van der Waals surface area contributed by atoms with Crippen LogP contribution in [0.5, 0.6) is 5.75 Å².